The number of aryl methyl sites for hydroxylation is 1. The molecule has 4 heteroatoms. The molecule has 0 spiro atoms. The quantitative estimate of drug-likeness (QED) is 0.940. The topological polar surface area (TPSA) is 28.2 Å². The van der Waals surface area contributed by atoms with E-state index in [4.69, 9.17) is 0 Å². The van der Waals surface area contributed by atoms with Crippen LogP contribution < -0.4 is 5.32 Å². The number of piperazine rings is 1. The molecule has 110 valence electrons. The molecule has 2 heterocycles. The first-order chi connectivity index (χ1) is 10.2. The van der Waals surface area contributed by atoms with Gasteiger partial charge in [0.1, 0.15) is 5.82 Å². The van der Waals surface area contributed by atoms with Crippen molar-refractivity contribution >= 4 is 0 Å². The molecule has 1 aliphatic heterocycles. The largest absolute Gasteiger partial charge is 0.314 e. The normalized spacial score (nSPS) is 19.6. The number of aromatic nitrogens is 1. The molecule has 1 aliphatic rings. The van der Waals surface area contributed by atoms with Crippen molar-refractivity contribution in [3.8, 4) is 0 Å². The van der Waals surface area contributed by atoms with E-state index in [1.165, 1.54) is 11.6 Å². The average Bonchev–Trinajstić information content (AvgIpc) is 2.50. The molecule has 0 saturated carbocycles. The predicted molar refractivity (Wildman–Crippen MR) is 81.4 cm³/mol. The van der Waals surface area contributed by atoms with Crippen molar-refractivity contribution < 1.29 is 4.39 Å². The van der Waals surface area contributed by atoms with E-state index in [-0.39, 0.29) is 11.9 Å². The first kappa shape index (κ1) is 14.2. The molecule has 1 aromatic carbocycles. The lowest BCUT2D eigenvalue weighted by Crippen LogP contribution is -2.45. The summed E-state index contributed by atoms with van der Waals surface area (Å²) in [4.78, 5) is 6.75. The second kappa shape index (κ2) is 6.33. The number of halogens is 1. The summed E-state index contributed by atoms with van der Waals surface area (Å²) in [6.07, 6.45) is 1.82. The second-order valence-corrected chi connectivity index (χ2v) is 5.49. The number of nitrogens with one attached hydrogen (secondary N) is 1. The van der Waals surface area contributed by atoms with E-state index in [0.717, 1.165) is 37.4 Å². The average molecular weight is 285 g/mol. The summed E-state index contributed by atoms with van der Waals surface area (Å²) in [5.41, 5.74) is 3.33. The molecule has 3 rings (SSSR count). The lowest BCUT2D eigenvalue weighted by molar-refractivity contribution is 0.153. The Balaban J connectivity index is 1.83. The summed E-state index contributed by atoms with van der Waals surface area (Å²) in [5, 5.41) is 3.40. The van der Waals surface area contributed by atoms with E-state index in [2.05, 4.69) is 21.3 Å². The van der Waals surface area contributed by atoms with Crippen LogP contribution in [0.15, 0.2) is 42.6 Å². The second-order valence-electron chi connectivity index (χ2n) is 5.49. The lowest BCUT2D eigenvalue weighted by atomic mass is 10.0. The molecule has 1 fully saturated rings. The van der Waals surface area contributed by atoms with Crippen molar-refractivity contribution in [2.24, 2.45) is 0 Å². The number of hydrogen-bond acceptors (Lipinski definition) is 3. The Morgan fingerprint density at radius 3 is 3.05 bits per heavy atom. The van der Waals surface area contributed by atoms with E-state index in [9.17, 15) is 4.39 Å². The number of pyridine rings is 1. The van der Waals surface area contributed by atoms with E-state index in [0.29, 0.717) is 0 Å². The van der Waals surface area contributed by atoms with Gasteiger partial charge in [0, 0.05) is 44.1 Å². The molecule has 1 saturated heterocycles. The predicted octanol–water partition coefficient (Wildman–Crippen LogP) is 2.68. The summed E-state index contributed by atoms with van der Waals surface area (Å²) in [6.45, 7) is 5.65. The van der Waals surface area contributed by atoms with Gasteiger partial charge in [0.15, 0.2) is 0 Å². The van der Waals surface area contributed by atoms with Gasteiger partial charge in [-0.1, -0.05) is 18.2 Å². The molecule has 1 atom stereocenters. The SMILES string of the molecule is Cc1ncccc1CN1CCNCC1c1cccc(F)c1. The maximum Gasteiger partial charge on any atom is 0.123 e. The zero-order valence-corrected chi connectivity index (χ0v) is 12.2. The van der Waals surface area contributed by atoms with Gasteiger partial charge in [-0.2, -0.15) is 0 Å². The van der Waals surface area contributed by atoms with Gasteiger partial charge >= 0.3 is 0 Å². The molecule has 0 radical (unpaired) electrons. The van der Waals surface area contributed by atoms with E-state index < -0.39 is 0 Å². The Kier molecular flexibility index (Phi) is 4.27. The standard InChI is InChI=1S/C17H20FN3/c1-13-15(5-3-7-20-13)12-21-9-8-19-11-17(21)14-4-2-6-16(18)10-14/h2-7,10,17,19H,8-9,11-12H2,1H3. The Labute approximate surface area is 124 Å². The van der Waals surface area contributed by atoms with Crippen LogP contribution >= 0.6 is 0 Å². The van der Waals surface area contributed by atoms with Crippen LogP contribution in [0.1, 0.15) is 22.9 Å². The molecule has 3 nitrogen and oxygen atoms in total. The minimum absolute atomic E-state index is 0.171. The number of rotatable bonds is 3. The minimum atomic E-state index is -0.171. The minimum Gasteiger partial charge on any atom is -0.314 e. The van der Waals surface area contributed by atoms with E-state index in [1.807, 2.05) is 25.3 Å². The highest BCUT2D eigenvalue weighted by atomic mass is 19.1. The fourth-order valence-electron chi connectivity index (χ4n) is 2.88. The van der Waals surface area contributed by atoms with E-state index in [1.54, 1.807) is 12.1 Å². The molecule has 2 aromatic rings. The highest BCUT2D eigenvalue weighted by molar-refractivity contribution is 5.23. The van der Waals surface area contributed by atoms with Crippen molar-refractivity contribution in [2.75, 3.05) is 19.6 Å². The summed E-state index contributed by atoms with van der Waals surface area (Å²) in [7, 11) is 0. The van der Waals surface area contributed by atoms with Crippen LogP contribution in [0.25, 0.3) is 0 Å². The van der Waals surface area contributed by atoms with Crippen molar-refractivity contribution in [1.29, 1.82) is 0 Å². The van der Waals surface area contributed by atoms with E-state index >= 15 is 0 Å². The zero-order chi connectivity index (χ0) is 14.7. The third-order valence-corrected chi connectivity index (χ3v) is 4.08. The third kappa shape index (κ3) is 3.28. The fourth-order valence-corrected chi connectivity index (χ4v) is 2.88. The maximum absolute atomic E-state index is 13.5. The third-order valence-electron chi connectivity index (χ3n) is 4.08. The van der Waals surface area contributed by atoms with Crippen LogP contribution in [0, 0.1) is 12.7 Å². The Bertz CT molecular complexity index is 614. The van der Waals surface area contributed by atoms with Gasteiger partial charge in [0.05, 0.1) is 0 Å². The molecule has 1 aromatic heterocycles. The van der Waals surface area contributed by atoms with Gasteiger partial charge < -0.3 is 5.32 Å². The molecular formula is C17H20FN3. The van der Waals surface area contributed by atoms with Gasteiger partial charge in [-0.05, 0) is 36.2 Å². The van der Waals surface area contributed by atoms with Gasteiger partial charge in [-0.3, -0.25) is 9.88 Å². The molecule has 0 bridgehead atoms. The van der Waals surface area contributed by atoms with Crippen LogP contribution in [-0.4, -0.2) is 29.5 Å². The summed E-state index contributed by atoms with van der Waals surface area (Å²) in [6, 6.07) is 11.2. The van der Waals surface area contributed by atoms with Gasteiger partial charge in [-0.15, -0.1) is 0 Å². The summed E-state index contributed by atoms with van der Waals surface area (Å²) >= 11 is 0. The Morgan fingerprint density at radius 1 is 1.33 bits per heavy atom. The van der Waals surface area contributed by atoms with Gasteiger partial charge in [-0.25, -0.2) is 4.39 Å². The first-order valence-electron chi connectivity index (χ1n) is 7.35. The Morgan fingerprint density at radius 2 is 2.24 bits per heavy atom. The summed E-state index contributed by atoms with van der Waals surface area (Å²) in [5.74, 6) is -0.171. The van der Waals surface area contributed by atoms with Crippen LogP contribution in [0.3, 0.4) is 0 Å². The molecule has 21 heavy (non-hydrogen) atoms. The molecule has 0 amide bonds. The highest BCUT2D eigenvalue weighted by Gasteiger charge is 2.24. The number of benzene rings is 1. The fraction of sp³-hybridized carbons (Fsp3) is 0.353. The van der Waals surface area contributed by atoms with Crippen LogP contribution in [0.4, 0.5) is 4.39 Å². The van der Waals surface area contributed by atoms with Crippen molar-refractivity contribution in [1.82, 2.24) is 15.2 Å². The molecule has 0 aliphatic carbocycles. The van der Waals surface area contributed by atoms with Crippen molar-refractivity contribution in [3.05, 3.63) is 65.2 Å². The van der Waals surface area contributed by atoms with Crippen molar-refractivity contribution in [3.63, 3.8) is 0 Å². The lowest BCUT2D eigenvalue weighted by Gasteiger charge is -2.36. The van der Waals surface area contributed by atoms with Crippen LogP contribution in [0.5, 0.6) is 0 Å². The number of nitrogens with zero attached hydrogens (tertiary/aromatic N) is 2. The summed E-state index contributed by atoms with van der Waals surface area (Å²) < 4.78 is 13.5. The monoisotopic (exact) mass is 285 g/mol. The molecule has 1 N–H and O–H groups in total. The zero-order valence-electron chi connectivity index (χ0n) is 12.2. The maximum atomic E-state index is 13.5. The van der Waals surface area contributed by atoms with Crippen LogP contribution in [-0.2, 0) is 6.54 Å². The van der Waals surface area contributed by atoms with Crippen LogP contribution in [0.2, 0.25) is 0 Å². The highest BCUT2D eigenvalue weighted by Crippen LogP contribution is 2.25. The van der Waals surface area contributed by atoms with Gasteiger partial charge in [0.25, 0.3) is 0 Å². The molecule has 1 unspecified atom stereocenters. The van der Waals surface area contributed by atoms with Gasteiger partial charge in [0.2, 0.25) is 0 Å². The number of hydrogen-bond donors (Lipinski definition) is 1. The first-order valence-corrected chi connectivity index (χ1v) is 7.35. The van der Waals surface area contributed by atoms with Crippen molar-refractivity contribution in [2.45, 2.75) is 19.5 Å². The smallest absolute Gasteiger partial charge is 0.123 e. The molecular weight excluding hydrogens is 265 g/mol. The Hall–Kier alpha value is -1.78.